The number of halogens is 3. The summed E-state index contributed by atoms with van der Waals surface area (Å²) in [5, 5.41) is 9.65. The van der Waals surface area contributed by atoms with Crippen molar-refractivity contribution < 1.29 is 18.3 Å². The van der Waals surface area contributed by atoms with E-state index in [0.717, 1.165) is 0 Å². The first-order valence-electron chi connectivity index (χ1n) is 5.00. The van der Waals surface area contributed by atoms with E-state index in [1.54, 1.807) is 14.8 Å². The molecule has 1 N–H and O–H groups in total. The molecule has 0 bridgehead atoms. The largest absolute Gasteiger partial charge is 0.399 e. The van der Waals surface area contributed by atoms with Crippen molar-refractivity contribution >= 4 is 7.85 Å². The van der Waals surface area contributed by atoms with Crippen molar-refractivity contribution in [1.29, 1.82) is 0 Å². The zero-order valence-electron chi connectivity index (χ0n) is 8.56. The summed E-state index contributed by atoms with van der Waals surface area (Å²) in [6, 6.07) is 0. The van der Waals surface area contributed by atoms with Crippen molar-refractivity contribution in [1.82, 2.24) is 0 Å². The van der Waals surface area contributed by atoms with Crippen molar-refractivity contribution in [2.24, 2.45) is 11.8 Å². The highest BCUT2D eigenvalue weighted by Crippen LogP contribution is 2.41. The number of hydrogen-bond acceptors (Lipinski definition) is 1. The summed E-state index contributed by atoms with van der Waals surface area (Å²) in [6.07, 6.45) is -2.76. The molecule has 0 saturated heterocycles. The lowest BCUT2D eigenvalue weighted by Gasteiger charge is -2.36. The molecule has 0 aliphatic heterocycles. The minimum atomic E-state index is -4.05. The summed E-state index contributed by atoms with van der Waals surface area (Å²) in [6.45, 7) is 1.67. The second-order valence-electron chi connectivity index (χ2n) is 4.74. The van der Waals surface area contributed by atoms with E-state index in [2.05, 4.69) is 0 Å². The van der Waals surface area contributed by atoms with Gasteiger partial charge in [0, 0.05) is 5.50 Å². The second kappa shape index (κ2) is 3.76. The minimum Gasteiger partial charge on any atom is -0.399 e. The van der Waals surface area contributed by atoms with Gasteiger partial charge in [0.25, 0.3) is 0 Å². The third kappa shape index (κ3) is 2.90. The van der Waals surface area contributed by atoms with E-state index >= 15 is 0 Å². The fourth-order valence-electron chi connectivity index (χ4n) is 2.13. The summed E-state index contributed by atoms with van der Waals surface area (Å²) in [4.78, 5) is 0. The number of alkyl halides is 3. The van der Waals surface area contributed by atoms with Crippen LogP contribution in [0.25, 0.3) is 0 Å². The van der Waals surface area contributed by atoms with Crippen molar-refractivity contribution in [2.45, 2.75) is 44.3 Å². The SMILES string of the molecule is BC(C)(O)C1CCC(C(F)(F)F)CC1. The molecule has 0 radical (unpaired) electrons. The average Bonchev–Trinajstić information content (AvgIpc) is 2.01. The van der Waals surface area contributed by atoms with Crippen LogP contribution in [-0.4, -0.2) is 24.6 Å². The van der Waals surface area contributed by atoms with Gasteiger partial charge in [-0.15, -0.1) is 0 Å². The summed E-state index contributed by atoms with van der Waals surface area (Å²) in [5.41, 5.74) is -0.837. The number of hydrogen-bond donors (Lipinski definition) is 1. The van der Waals surface area contributed by atoms with Crippen LogP contribution in [0.2, 0.25) is 0 Å². The normalized spacial score (nSPS) is 33.8. The third-order valence-corrected chi connectivity index (χ3v) is 3.19. The predicted molar refractivity (Wildman–Crippen MR) is 50.7 cm³/mol. The van der Waals surface area contributed by atoms with Crippen LogP contribution >= 0.6 is 0 Å². The Bertz CT molecular complexity index is 167. The number of aliphatic hydroxyl groups is 1. The van der Waals surface area contributed by atoms with Gasteiger partial charge < -0.3 is 5.11 Å². The quantitative estimate of drug-likeness (QED) is 0.650. The van der Waals surface area contributed by atoms with E-state index in [4.69, 9.17) is 0 Å². The van der Waals surface area contributed by atoms with Gasteiger partial charge in [-0.05, 0) is 38.5 Å². The lowest BCUT2D eigenvalue weighted by molar-refractivity contribution is -0.186. The molecule has 0 heterocycles. The molecule has 1 atom stereocenters. The maximum Gasteiger partial charge on any atom is 0.391 e. The molecule has 1 rings (SSSR count). The average molecular weight is 208 g/mol. The van der Waals surface area contributed by atoms with Gasteiger partial charge in [-0.1, -0.05) is 0 Å². The fourth-order valence-corrected chi connectivity index (χ4v) is 2.13. The fraction of sp³-hybridized carbons (Fsp3) is 1.00. The predicted octanol–water partition coefficient (Wildman–Crippen LogP) is 1.70. The van der Waals surface area contributed by atoms with Crippen molar-refractivity contribution in [3.8, 4) is 0 Å². The van der Waals surface area contributed by atoms with Gasteiger partial charge in [-0.2, -0.15) is 13.2 Å². The van der Waals surface area contributed by atoms with E-state index in [1.807, 2.05) is 0 Å². The Morgan fingerprint density at radius 1 is 1.07 bits per heavy atom. The highest BCUT2D eigenvalue weighted by atomic mass is 19.4. The molecule has 0 aromatic heterocycles. The summed E-state index contributed by atoms with van der Waals surface area (Å²) >= 11 is 0. The maximum atomic E-state index is 12.3. The van der Waals surface area contributed by atoms with E-state index < -0.39 is 17.6 Å². The van der Waals surface area contributed by atoms with Crippen LogP contribution in [0, 0.1) is 11.8 Å². The molecule has 1 aliphatic rings. The Balaban J connectivity index is 2.47. The topological polar surface area (TPSA) is 20.2 Å². The van der Waals surface area contributed by atoms with E-state index in [1.165, 1.54) is 0 Å². The van der Waals surface area contributed by atoms with Gasteiger partial charge in [0.2, 0.25) is 0 Å². The molecular formula is C9H16BF3O. The van der Waals surface area contributed by atoms with Gasteiger partial charge in [0.1, 0.15) is 7.85 Å². The molecule has 1 saturated carbocycles. The first-order valence-corrected chi connectivity index (χ1v) is 5.00. The Labute approximate surface area is 83.1 Å². The van der Waals surface area contributed by atoms with Crippen LogP contribution < -0.4 is 0 Å². The highest BCUT2D eigenvalue weighted by molar-refractivity contribution is 6.14. The van der Waals surface area contributed by atoms with E-state index in [0.29, 0.717) is 12.8 Å². The Morgan fingerprint density at radius 2 is 1.43 bits per heavy atom. The van der Waals surface area contributed by atoms with Crippen LogP contribution in [-0.2, 0) is 0 Å². The van der Waals surface area contributed by atoms with Gasteiger partial charge in [-0.25, -0.2) is 0 Å². The molecule has 5 heteroatoms. The smallest absolute Gasteiger partial charge is 0.391 e. The molecule has 1 unspecified atom stereocenters. The minimum absolute atomic E-state index is 0.0149. The first kappa shape index (κ1) is 11.9. The highest BCUT2D eigenvalue weighted by Gasteiger charge is 2.43. The lowest BCUT2D eigenvalue weighted by Crippen LogP contribution is -2.39. The molecule has 14 heavy (non-hydrogen) atoms. The molecular weight excluding hydrogens is 192 g/mol. The van der Waals surface area contributed by atoms with E-state index in [9.17, 15) is 18.3 Å². The maximum absolute atomic E-state index is 12.3. The summed E-state index contributed by atoms with van der Waals surface area (Å²) in [5.74, 6) is -1.14. The van der Waals surface area contributed by atoms with E-state index in [-0.39, 0.29) is 18.8 Å². The molecule has 0 amide bonds. The third-order valence-electron chi connectivity index (χ3n) is 3.19. The molecule has 82 valence electrons. The summed E-state index contributed by atoms with van der Waals surface area (Å²) in [7, 11) is 1.67. The Morgan fingerprint density at radius 3 is 1.71 bits per heavy atom. The van der Waals surface area contributed by atoms with Gasteiger partial charge in [0.15, 0.2) is 0 Å². The zero-order valence-corrected chi connectivity index (χ0v) is 8.56. The van der Waals surface area contributed by atoms with Gasteiger partial charge in [0.05, 0.1) is 5.92 Å². The van der Waals surface area contributed by atoms with Crippen LogP contribution in [0.5, 0.6) is 0 Å². The van der Waals surface area contributed by atoms with Crippen molar-refractivity contribution in [3.05, 3.63) is 0 Å². The monoisotopic (exact) mass is 208 g/mol. The standard InChI is InChI=1S/C9H16BF3O/c1-8(10,14)6-2-4-7(5-3-6)9(11,12)13/h6-7,14H,2-5,10H2,1H3. The van der Waals surface area contributed by atoms with Crippen LogP contribution in [0.3, 0.4) is 0 Å². The van der Waals surface area contributed by atoms with Crippen molar-refractivity contribution in [2.75, 3.05) is 0 Å². The molecule has 1 nitrogen and oxygen atoms in total. The zero-order chi connectivity index (χ0) is 11.0. The van der Waals surface area contributed by atoms with Crippen LogP contribution in [0.15, 0.2) is 0 Å². The van der Waals surface area contributed by atoms with Gasteiger partial charge in [-0.3, -0.25) is 0 Å². The second-order valence-corrected chi connectivity index (χ2v) is 4.74. The molecule has 1 fully saturated rings. The van der Waals surface area contributed by atoms with Crippen LogP contribution in [0.1, 0.15) is 32.6 Å². The molecule has 0 aromatic carbocycles. The molecule has 0 spiro atoms. The summed E-state index contributed by atoms with van der Waals surface area (Å²) < 4.78 is 36.9. The van der Waals surface area contributed by atoms with Gasteiger partial charge >= 0.3 is 6.18 Å². The Hall–Kier alpha value is -0.185. The number of rotatable bonds is 1. The lowest BCUT2D eigenvalue weighted by atomic mass is 9.65. The Kier molecular flexibility index (Phi) is 3.19. The first-order chi connectivity index (χ1) is 6.21. The van der Waals surface area contributed by atoms with Crippen molar-refractivity contribution in [3.63, 3.8) is 0 Å². The van der Waals surface area contributed by atoms with Crippen LogP contribution in [0.4, 0.5) is 13.2 Å². The molecule has 1 aliphatic carbocycles. The molecule has 0 aromatic rings.